The number of nitrogens with zero attached hydrogens (tertiary/aromatic N) is 2. The summed E-state index contributed by atoms with van der Waals surface area (Å²) >= 11 is 0. The Bertz CT molecular complexity index is 1310. The second-order valence-electron chi connectivity index (χ2n) is 7.48. The van der Waals surface area contributed by atoms with E-state index in [0.717, 1.165) is 10.9 Å². The highest BCUT2D eigenvalue weighted by molar-refractivity contribution is 7.22. The van der Waals surface area contributed by atoms with Gasteiger partial charge in [0.2, 0.25) is 0 Å². The first kappa shape index (κ1) is 16.4. The number of hydrogen-bond donors (Lipinski definition) is 0. The van der Waals surface area contributed by atoms with Crippen LogP contribution in [-0.2, 0) is 0 Å². The zero-order valence-corrected chi connectivity index (χ0v) is 16.8. The molecule has 0 bridgehead atoms. The van der Waals surface area contributed by atoms with Crippen LogP contribution in [0.3, 0.4) is 0 Å². The van der Waals surface area contributed by atoms with Crippen molar-refractivity contribution in [1.82, 2.24) is 9.97 Å². The van der Waals surface area contributed by atoms with Crippen LogP contribution >= 0.6 is 0 Å². The van der Waals surface area contributed by atoms with Crippen molar-refractivity contribution in [2.75, 3.05) is 0 Å². The molecule has 0 atom stereocenters. The van der Waals surface area contributed by atoms with Crippen molar-refractivity contribution in [2.45, 2.75) is 0 Å². The summed E-state index contributed by atoms with van der Waals surface area (Å²) in [5.74, 6) is 0. The smallest absolute Gasteiger partial charge is 0.180 e. The van der Waals surface area contributed by atoms with Crippen molar-refractivity contribution in [2.24, 2.45) is 0 Å². The Hall–Kier alpha value is -3.56. The highest BCUT2D eigenvalue weighted by Crippen LogP contribution is 2.32. The van der Waals surface area contributed by atoms with Crippen LogP contribution in [0.5, 0.6) is 0 Å². The Kier molecular flexibility index (Phi) is 3.52. The molecular formula is C26H18N2Si. The van der Waals surface area contributed by atoms with E-state index in [9.17, 15) is 0 Å². The van der Waals surface area contributed by atoms with Crippen LogP contribution < -0.4 is 20.7 Å². The summed E-state index contributed by atoms with van der Waals surface area (Å²) in [7, 11) is -2.40. The number of fused-ring (bicyclic) bond motifs is 5. The maximum Gasteiger partial charge on any atom is 0.180 e. The molecule has 4 aromatic carbocycles. The molecule has 0 amide bonds. The van der Waals surface area contributed by atoms with Gasteiger partial charge in [-0.25, -0.2) is 9.97 Å². The molecule has 0 unspecified atom stereocenters. The predicted molar refractivity (Wildman–Crippen MR) is 122 cm³/mol. The van der Waals surface area contributed by atoms with E-state index in [1.165, 1.54) is 31.9 Å². The first-order valence-electron chi connectivity index (χ1n) is 9.85. The average molecular weight is 387 g/mol. The maximum atomic E-state index is 4.72. The van der Waals surface area contributed by atoms with Gasteiger partial charge in [-0.15, -0.1) is 0 Å². The number of hydrogen-bond acceptors (Lipinski definition) is 2. The van der Waals surface area contributed by atoms with Crippen LogP contribution in [0.2, 0.25) is 0 Å². The molecule has 1 aliphatic rings. The third kappa shape index (κ3) is 2.16. The molecule has 1 aromatic heterocycles. The van der Waals surface area contributed by atoms with Crippen molar-refractivity contribution >= 4 is 39.7 Å². The van der Waals surface area contributed by atoms with Gasteiger partial charge in [0.05, 0.1) is 5.52 Å². The van der Waals surface area contributed by atoms with Gasteiger partial charge in [-0.05, 0) is 26.3 Å². The van der Waals surface area contributed by atoms with Crippen LogP contribution in [0.15, 0.2) is 110 Å². The molecule has 2 heterocycles. The van der Waals surface area contributed by atoms with Crippen molar-refractivity contribution in [3.05, 3.63) is 110 Å². The first-order chi connectivity index (χ1) is 14.4. The Labute approximate surface area is 170 Å². The number of rotatable bonds is 2. The van der Waals surface area contributed by atoms with E-state index < -0.39 is 8.07 Å². The predicted octanol–water partition coefficient (Wildman–Crippen LogP) is 2.99. The average Bonchev–Trinajstić information content (AvgIpc) is 3.12. The Balaban J connectivity index is 1.85. The molecule has 136 valence electrons. The molecule has 0 saturated heterocycles. The van der Waals surface area contributed by atoms with E-state index in [-0.39, 0.29) is 0 Å². The summed E-state index contributed by atoms with van der Waals surface area (Å²) in [6.07, 6.45) is 3.58. The van der Waals surface area contributed by atoms with Gasteiger partial charge >= 0.3 is 0 Å². The van der Waals surface area contributed by atoms with Gasteiger partial charge in [0.15, 0.2) is 8.07 Å². The molecule has 0 aliphatic carbocycles. The van der Waals surface area contributed by atoms with E-state index in [0.29, 0.717) is 0 Å². The van der Waals surface area contributed by atoms with E-state index in [4.69, 9.17) is 4.98 Å². The Morgan fingerprint density at radius 1 is 0.586 bits per heavy atom. The topological polar surface area (TPSA) is 25.8 Å². The minimum atomic E-state index is -2.40. The van der Waals surface area contributed by atoms with Crippen molar-refractivity contribution in [3.8, 4) is 11.1 Å². The molecule has 29 heavy (non-hydrogen) atoms. The summed E-state index contributed by atoms with van der Waals surface area (Å²) in [6.45, 7) is 0. The number of aromatic nitrogens is 2. The number of benzene rings is 4. The summed E-state index contributed by atoms with van der Waals surface area (Å²) in [5, 5.41) is 6.77. The van der Waals surface area contributed by atoms with Gasteiger partial charge in [0, 0.05) is 17.1 Å². The molecule has 0 N–H and O–H groups in total. The van der Waals surface area contributed by atoms with Crippen LogP contribution in [0, 0.1) is 0 Å². The van der Waals surface area contributed by atoms with Crippen LogP contribution in [0.1, 0.15) is 0 Å². The van der Waals surface area contributed by atoms with Crippen molar-refractivity contribution in [1.29, 1.82) is 0 Å². The fourth-order valence-corrected chi connectivity index (χ4v) is 10.2. The van der Waals surface area contributed by atoms with Crippen molar-refractivity contribution < 1.29 is 0 Å². The molecular weight excluding hydrogens is 368 g/mol. The largest absolute Gasteiger partial charge is 0.244 e. The fourth-order valence-electron chi connectivity index (χ4n) is 4.98. The van der Waals surface area contributed by atoms with E-state index in [2.05, 4.69) is 102 Å². The normalized spacial score (nSPS) is 13.8. The third-order valence-corrected chi connectivity index (χ3v) is 11.0. The highest BCUT2D eigenvalue weighted by atomic mass is 28.3. The molecule has 0 spiro atoms. The summed E-state index contributed by atoms with van der Waals surface area (Å²) < 4.78 is 0. The van der Waals surface area contributed by atoms with E-state index in [1.807, 2.05) is 6.20 Å². The van der Waals surface area contributed by atoms with E-state index in [1.54, 1.807) is 6.33 Å². The lowest BCUT2D eigenvalue weighted by atomic mass is 10.0. The lowest BCUT2D eigenvalue weighted by Crippen LogP contribution is -2.72. The zero-order chi connectivity index (χ0) is 19.3. The molecule has 2 nitrogen and oxygen atoms in total. The van der Waals surface area contributed by atoms with Gasteiger partial charge in [0.1, 0.15) is 6.33 Å². The standard InChI is InChI=1S/C26H18N2Si/c1-3-9-20(10-4-1)29(21-11-5-2-6-12-21)23-14-8-7-13-22(23)25-24(29)16-15-19-17-27-18-28-26(19)25/h1-18H. The molecule has 1 aliphatic heterocycles. The summed E-state index contributed by atoms with van der Waals surface area (Å²) in [4.78, 5) is 8.96. The monoisotopic (exact) mass is 386 g/mol. The molecule has 0 radical (unpaired) electrons. The van der Waals surface area contributed by atoms with Gasteiger partial charge in [0.25, 0.3) is 0 Å². The highest BCUT2D eigenvalue weighted by Gasteiger charge is 2.49. The minimum Gasteiger partial charge on any atom is -0.244 e. The molecule has 6 rings (SSSR count). The molecule has 0 fully saturated rings. The lowest BCUT2D eigenvalue weighted by molar-refractivity contribution is 1.22. The molecule has 0 saturated carbocycles. The lowest BCUT2D eigenvalue weighted by Gasteiger charge is -2.31. The summed E-state index contributed by atoms with van der Waals surface area (Å²) in [5.41, 5.74) is 3.64. The first-order valence-corrected chi connectivity index (χ1v) is 11.8. The van der Waals surface area contributed by atoms with Gasteiger partial charge < -0.3 is 0 Å². The van der Waals surface area contributed by atoms with Crippen LogP contribution in [-0.4, -0.2) is 18.0 Å². The van der Waals surface area contributed by atoms with Crippen LogP contribution in [0.25, 0.3) is 22.0 Å². The second kappa shape index (κ2) is 6.22. The van der Waals surface area contributed by atoms with Crippen molar-refractivity contribution in [3.63, 3.8) is 0 Å². The Morgan fingerprint density at radius 2 is 1.24 bits per heavy atom. The SMILES string of the molecule is c1ccc([Si]2(c3ccccc3)c3ccccc3-c3c2ccc2cncnc32)cc1. The minimum absolute atomic E-state index is 1.05. The maximum absolute atomic E-state index is 4.72. The van der Waals surface area contributed by atoms with E-state index >= 15 is 0 Å². The summed E-state index contributed by atoms with van der Waals surface area (Å²) in [6, 6.07) is 35.5. The third-order valence-electron chi connectivity index (χ3n) is 6.09. The van der Waals surface area contributed by atoms with Gasteiger partial charge in [-0.1, -0.05) is 97.1 Å². The molecule has 3 heteroatoms. The van der Waals surface area contributed by atoms with Gasteiger partial charge in [-0.3, -0.25) is 0 Å². The van der Waals surface area contributed by atoms with Gasteiger partial charge in [-0.2, -0.15) is 0 Å². The quantitative estimate of drug-likeness (QED) is 0.428. The van der Waals surface area contributed by atoms with Crippen LogP contribution in [0.4, 0.5) is 0 Å². The molecule has 5 aromatic rings. The Morgan fingerprint density at radius 3 is 1.97 bits per heavy atom. The second-order valence-corrected chi connectivity index (χ2v) is 11.2. The zero-order valence-electron chi connectivity index (χ0n) is 15.8. The fraction of sp³-hybridized carbons (Fsp3) is 0.